The summed E-state index contributed by atoms with van der Waals surface area (Å²) < 4.78 is 5.01. The first-order valence-corrected chi connectivity index (χ1v) is 6.90. The zero-order valence-corrected chi connectivity index (χ0v) is 13.0. The molecule has 120 valence electrons. The number of aromatic nitrogens is 1. The first-order chi connectivity index (χ1) is 10.3. The molecule has 2 N–H and O–H groups in total. The summed E-state index contributed by atoms with van der Waals surface area (Å²) >= 11 is 0. The van der Waals surface area contributed by atoms with Gasteiger partial charge in [0.15, 0.2) is 0 Å². The number of carbonyl (C=O) groups is 3. The molecule has 0 bridgehead atoms. The van der Waals surface area contributed by atoms with Crippen molar-refractivity contribution in [2.75, 3.05) is 6.54 Å². The van der Waals surface area contributed by atoms with E-state index in [4.69, 9.17) is 4.74 Å². The second-order valence-corrected chi connectivity index (χ2v) is 5.73. The number of amides is 2. The Bertz CT molecular complexity index is 511. The second kappa shape index (κ2) is 8.11. The number of hydrogen-bond donors (Lipinski definition) is 2. The third kappa shape index (κ3) is 7.37. The minimum atomic E-state index is -0.683. The number of nitrogens with one attached hydrogen (secondary N) is 2. The van der Waals surface area contributed by atoms with E-state index in [1.54, 1.807) is 39.2 Å². The number of nitrogens with zero attached hydrogens (tertiary/aromatic N) is 1. The van der Waals surface area contributed by atoms with Crippen LogP contribution in [0.4, 0.5) is 4.79 Å². The van der Waals surface area contributed by atoms with E-state index >= 15 is 0 Å². The van der Waals surface area contributed by atoms with E-state index in [0.717, 1.165) is 5.56 Å². The molecule has 1 aromatic rings. The maximum absolute atomic E-state index is 11.7. The first kappa shape index (κ1) is 17.6. The maximum atomic E-state index is 11.7. The van der Waals surface area contributed by atoms with Crippen LogP contribution >= 0.6 is 0 Å². The molecule has 1 rings (SSSR count). The summed E-state index contributed by atoms with van der Waals surface area (Å²) in [5.74, 6) is -0.466. The summed E-state index contributed by atoms with van der Waals surface area (Å²) in [4.78, 5) is 38.1. The molecule has 1 heterocycles. The molecule has 2 amide bonds. The van der Waals surface area contributed by atoms with E-state index in [9.17, 15) is 14.4 Å². The van der Waals surface area contributed by atoms with Crippen LogP contribution in [0.5, 0.6) is 0 Å². The number of aldehydes is 1. The van der Waals surface area contributed by atoms with E-state index in [0.29, 0.717) is 12.7 Å². The lowest BCUT2D eigenvalue weighted by Gasteiger charge is -2.19. The van der Waals surface area contributed by atoms with Crippen LogP contribution in [-0.2, 0) is 20.7 Å². The summed E-state index contributed by atoms with van der Waals surface area (Å²) in [5, 5.41) is 4.86. The van der Waals surface area contributed by atoms with Gasteiger partial charge in [0.1, 0.15) is 18.4 Å². The van der Waals surface area contributed by atoms with E-state index < -0.39 is 23.6 Å². The van der Waals surface area contributed by atoms with Crippen LogP contribution in [0, 0.1) is 0 Å². The zero-order chi connectivity index (χ0) is 16.6. The van der Waals surface area contributed by atoms with Crippen LogP contribution in [0.3, 0.4) is 0 Å². The largest absolute Gasteiger partial charge is 0.444 e. The van der Waals surface area contributed by atoms with Crippen molar-refractivity contribution < 1.29 is 19.1 Å². The fraction of sp³-hybridized carbons (Fsp3) is 0.467. The Labute approximate surface area is 129 Å². The smallest absolute Gasteiger partial charge is 0.408 e. The van der Waals surface area contributed by atoms with Crippen LogP contribution in [0.2, 0.25) is 0 Å². The summed E-state index contributed by atoms with van der Waals surface area (Å²) in [6.07, 6.45) is 3.57. The normalized spacial score (nSPS) is 12.1. The Kier molecular flexibility index (Phi) is 6.49. The first-order valence-electron chi connectivity index (χ1n) is 6.90. The molecule has 1 aromatic heterocycles. The fourth-order valence-corrected chi connectivity index (χ4v) is 1.63. The Balaban J connectivity index is 2.39. The zero-order valence-electron chi connectivity index (χ0n) is 13.0. The minimum Gasteiger partial charge on any atom is -0.444 e. The maximum Gasteiger partial charge on any atom is 0.408 e. The summed E-state index contributed by atoms with van der Waals surface area (Å²) in [7, 11) is 0. The molecule has 0 spiro atoms. The lowest BCUT2D eigenvalue weighted by atomic mass is 10.1. The third-order valence-corrected chi connectivity index (χ3v) is 2.48. The van der Waals surface area contributed by atoms with Gasteiger partial charge in [0.05, 0.1) is 6.04 Å². The van der Waals surface area contributed by atoms with Gasteiger partial charge in [-0.1, -0.05) is 6.07 Å². The molecule has 0 aliphatic heterocycles. The molecule has 0 aliphatic rings. The summed E-state index contributed by atoms with van der Waals surface area (Å²) in [6, 6.07) is 2.90. The highest BCUT2D eigenvalue weighted by Gasteiger charge is 2.17. The van der Waals surface area contributed by atoms with Crippen molar-refractivity contribution >= 4 is 18.3 Å². The van der Waals surface area contributed by atoms with Crippen LogP contribution in [0.25, 0.3) is 0 Å². The lowest BCUT2D eigenvalue weighted by Crippen LogP contribution is -2.44. The van der Waals surface area contributed by atoms with Crippen molar-refractivity contribution in [3.63, 3.8) is 0 Å². The van der Waals surface area contributed by atoms with E-state index in [1.165, 1.54) is 0 Å². The third-order valence-electron chi connectivity index (χ3n) is 2.48. The molecular weight excluding hydrogens is 286 g/mol. The van der Waals surface area contributed by atoms with Crippen LogP contribution in [0.15, 0.2) is 24.5 Å². The minimum absolute atomic E-state index is 0.258. The number of hydrogen-bond acceptors (Lipinski definition) is 5. The predicted molar refractivity (Wildman–Crippen MR) is 80.2 cm³/mol. The highest BCUT2D eigenvalue weighted by molar-refractivity contribution is 5.84. The predicted octanol–water partition coefficient (Wildman–Crippen LogP) is 0.832. The van der Waals surface area contributed by atoms with Gasteiger partial charge < -0.3 is 20.2 Å². The van der Waals surface area contributed by atoms with E-state index in [1.807, 2.05) is 6.07 Å². The van der Waals surface area contributed by atoms with Gasteiger partial charge in [-0.2, -0.15) is 0 Å². The van der Waals surface area contributed by atoms with Crippen molar-refractivity contribution in [2.24, 2.45) is 0 Å². The van der Waals surface area contributed by atoms with E-state index in [-0.39, 0.29) is 6.54 Å². The van der Waals surface area contributed by atoms with Crippen molar-refractivity contribution in [2.45, 2.75) is 38.8 Å². The Morgan fingerprint density at radius 1 is 1.41 bits per heavy atom. The van der Waals surface area contributed by atoms with Crippen molar-refractivity contribution in [3.05, 3.63) is 30.1 Å². The van der Waals surface area contributed by atoms with Crippen LogP contribution in [-0.4, -0.2) is 41.5 Å². The van der Waals surface area contributed by atoms with Crippen LogP contribution < -0.4 is 10.6 Å². The van der Waals surface area contributed by atoms with Crippen molar-refractivity contribution in [1.82, 2.24) is 15.6 Å². The topological polar surface area (TPSA) is 97.4 Å². The quantitative estimate of drug-likeness (QED) is 0.759. The molecule has 0 radical (unpaired) electrons. The Morgan fingerprint density at radius 2 is 2.14 bits per heavy atom. The average Bonchev–Trinajstić information content (AvgIpc) is 2.44. The van der Waals surface area contributed by atoms with Gasteiger partial charge in [0.25, 0.3) is 0 Å². The SMILES string of the molecule is CC(C)(C)OC(=O)NCC(=O)N[C@H](C=O)Cc1cccnc1. The summed E-state index contributed by atoms with van der Waals surface area (Å²) in [5.41, 5.74) is 0.201. The monoisotopic (exact) mass is 307 g/mol. The highest BCUT2D eigenvalue weighted by atomic mass is 16.6. The Hall–Kier alpha value is -2.44. The average molecular weight is 307 g/mol. The van der Waals surface area contributed by atoms with E-state index in [2.05, 4.69) is 15.6 Å². The van der Waals surface area contributed by atoms with Gasteiger partial charge in [-0.25, -0.2) is 4.79 Å². The molecule has 0 aromatic carbocycles. The van der Waals surface area contributed by atoms with Gasteiger partial charge in [0, 0.05) is 18.8 Å². The fourth-order valence-electron chi connectivity index (χ4n) is 1.63. The highest BCUT2D eigenvalue weighted by Crippen LogP contribution is 2.06. The summed E-state index contributed by atoms with van der Waals surface area (Å²) in [6.45, 7) is 4.92. The molecule has 0 saturated heterocycles. The van der Waals surface area contributed by atoms with Gasteiger partial charge >= 0.3 is 6.09 Å². The second-order valence-electron chi connectivity index (χ2n) is 5.73. The molecule has 0 saturated carbocycles. The van der Waals surface area contributed by atoms with Gasteiger partial charge in [-0.15, -0.1) is 0 Å². The van der Waals surface area contributed by atoms with Crippen molar-refractivity contribution in [3.8, 4) is 0 Å². The van der Waals surface area contributed by atoms with Gasteiger partial charge in [-0.05, 0) is 32.4 Å². The van der Waals surface area contributed by atoms with Gasteiger partial charge in [0.2, 0.25) is 5.91 Å². The van der Waals surface area contributed by atoms with Crippen LogP contribution in [0.1, 0.15) is 26.3 Å². The molecule has 0 fully saturated rings. The molecule has 22 heavy (non-hydrogen) atoms. The molecule has 7 heteroatoms. The number of ether oxygens (including phenoxy) is 1. The van der Waals surface area contributed by atoms with Crippen molar-refractivity contribution in [1.29, 1.82) is 0 Å². The number of rotatable bonds is 6. The lowest BCUT2D eigenvalue weighted by molar-refractivity contribution is -0.123. The molecular formula is C15H21N3O4. The molecule has 0 aliphatic carbocycles. The molecule has 1 atom stereocenters. The Morgan fingerprint density at radius 3 is 2.68 bits per heavy atom. The number of alkyl carbamates (subject to hydrolysis) is 1. The standard InChI is InChI=1S/C15H21N3O4/c1-15(2,3)22-14(21)17-9-13(20)18-12(10-19)7-11-5-4-6-16-8-11/h4-6,8,10,12H,7,9H2,1-3H3,(H,17,21)(H,18,20)/t12-/m0/s1. The molecule has 7 nitrogen and oxygen atoms in total. The number of pyridine rings is 1. The van der Waals surface area contributed by atoms with Gasteiger partial charge in [-0.3, -0.25) is 9.78 Å². The molecule has 0 unspecified atom stereocenters. The number of carbonyl (C=O) groups excluding carboxylic acids is 3.